The second-order valence-corrected chi connectivity index (χ2v) is 3.75. The van der Waals surface area contributed by atoms with Crippen molar-refractivity contribution in [3.8, 4) is 0 Å². The number of halogens is 2. The van der Waals surface area contributed by atoms with Crippen LogP contribution in [-0.4, -0.2) is 6.54 Å². The summed E-state index contributed by atoms with van der Waals surface area (Å²) >= 11 is 5.66. The van der Waals surface area contributed by atoms with E-state index < -0.39 is 0 Å². The zero-order valence-electron chi connectivity index (χ0n) is 7.19. The fourth-order valence-corrected chi connectivity index (χ4v) is 1.89. The van der Waals surface area contributed by atoms with Crippen LogP contribution in [0.15, 0.2) is 18.2 Å². The Labute approximate surface area is 81.9 Å². The third-order valence-corrected chi connectivity index (χ3v) is 2.63. The van der Waals surface area contributed by atoms with Crippen molar-refractivity contribution in [2.45, 2.75) is 18.9 Å². The van der Waals surface area contributed by atoms with Crippen molar-refractivity contribution < 1.29 is 4.39 Å². The van der Waals surface area contributed by atoms with Crippen molar-refractivity contribution in [1.29, 1.82) is 0 Å². The molecule has 1 nitrogen and oxygen atoms in total. The first kappa shape index (κ1) is 8.97. The molecule has 0 amide bonds. The molecule has 0 unspecified atom stereocenters. The summed E-state index contributed by atoms with van der Waals surface area (Å²) in [6, 6.07) is 5.05. The Morgan fingerprint density at radius 3 is 2.92 bits per heavy atom. The van der Waals surface area contributed by atoms with E-state index in [-0.39, 0.29) is 11.9 Å². The van der Waals surface area contributed by atoms with Gasteiger partial charge in [-0.25, -0.2) is 4.39 Å². The van der Waals surface area contributed by atoms with Gasteiger partial charge in [0.15, 0.2) is 0 Å². The average Bonchev–Trinajstić information content (AvgIpc) is 2.56. The molecule has 1 fully saturated rings. The van der Waals surface area contributed by atoms with E-state index in [2.05, 4.69) is 5.32 Å². The lowest BCUT2D eigenvalue weighted by Gasteiger charge is -2.11. The zero-order chi connectivity index (χ0) is 9.26. The van der Waals surface area contributed by atoms with Crippen molar-refractivity contribution in [2.24, 2.45) is 0 Å². The minimum atomic E-state index is -0.202. The van der Waals surface area contributed by atoms with Gasteiger partial charge in [0.2, 0.25) is 0 Å². The maximum atomic E-state index is 13.4. The molecule has 3 heteroatoms. The first-order valence-corrected chi connectivity index (χ1v) is 4.83. The molecular weight excluding hydrogens is 189 g/mol. The Balaban J connectivity index is 2.29. The highest BCUT2D eigenvalue weighted by Crippen LogP contribution is 2.26. The summed E-state index contributed by atoms with van der Waals surface area (Å²) < 4.78 is 13.4. The van der Waals surface area contributed by atoms with E-state index in [1.165, 1.54) is 6.07 Å². The van der Waals surface area contributed by atoms with Crippen LogP contribution < -0.4 is 5.32 Å². The molecule has 13 heavy (non-hydrogen) atoms. The molecule has 1 atom stereocenters. The van der Waals surface area contributed by atoms with Crippen molar-refractivity contribution in [3.05, 3.63) is 34.6 Å². The molecule has 1 aromatic carbocycles. The Bertz CT molecular complexity index is 308. The van der Waals surface area contributed by atoms with E-state index in [9.17, 15) is 4.39 Å². The number of hydrogen-bond acceptors (Lipinski definition) is 1. The number of hydrogen-bond donors (Lipinski definition) is 1. The van der Waals surface area contributed by atoms with E-state index in [1.54, 1.807) is 12.1 Å². The van der Waals surface area contributed by atoms with Gasteiger partial charge in [-0.15, -0.1) is 0 Å². The van der Waals surface area contributed by atoms with Crippen LogP contribution in [0, 0.1) is 5.82 Å². The lowest BCUT2D eigenvalue weighted by Crippen LogP contribution is -2.14. The molecule has 0 spiro atoms. The maximum absolute atomic E-state index is 13.4. The molecule has 0 aliphatic carbocycles. The lowest BCUT2D eigenvalue weighted by atomic mass is 10.1. The highest BCUT2D eigenvalue weighted by Gasteiger charge is 2.19. The molecular formula is C10H11ClFN. The molecule has 1 heterocycles. The monoisotopic (exact) mass is 199 g/mol. The van der Waals surface area contributed by atoms with E-state index in [0.717, 1.165) is 24.9 Å². The highest BCUT2D eigenvalue weighted by atomic mass is 35.5. The van der Waals surface area contributed by atoms with Gasteiger partial charge in [0, 0.05) is 16.6 Å². The van der Waals surface area contributed by atoms with Crippen LogP contribution in [0.1, 0.15) is 24.4 Å². The van der Waals surface area contributed by atoms with Gasteiger partial charge in [-0.1, -0.05) is 17.7 Å². The Morgan fingerprint density at radius 1 is 1.46 bits per heavy atom. The third-order valence-electron chi connectivity index (χ3n) is 2.40. The van der Waals surface area contributed by atoms with Crippen molar-refractivity contribution >= 4 is 11.6 Å². The molecule has 70 valence electrons. The molecule has 0 saturated carbocycles. The quantitative estimate of drug-likeness (QED) is 0.734. The summed E-state index contributed by atoms with van der Waals surface area (Å²) in [6.07, 6.45) is 2.13. The largest absolute Gasteiger partial charge is 0.310 e. The second-order valence-electron chi connectivity index (χ2n) is 3.31. The molecule has 0 aromatic heterocycles. The Kier molecular flexibility index (Phi) is 2.51. The molecule has 0 radical (unpaired) electrons. The van der Waals surface area contributed by atoms with Gasteiger partial charge in [0.05, 0.1) is 0 Å². The van der Waals surface area contributed by atoms with Crippen LogP contribution >= 0.6 is 11.6 Å². The first-order chi connectivity index (χ1) is 6.27. The molecule has 1 aromatic rings. The fourth-order valence-electron chi connectivity index (χ4n) is 1.73. The van der Waals surface area contributed by atoms with Gasteiger partial charge in [0.1, 0.15) is 5.82 Å². The molecule has 2 rings (SSSR count). The van der Waals surface area contributed by atoms with Gasteiger partial charge in [-0.3, -0.25) is 0 Å². The molecule has 1 N–H and O–H groups in total. The minimum absolute atomic E-state index is 0.178. The van der Waals surface area contributed by atoms with Crippen molar-refractivity contribution in [2.75, 3.05) is 6.54 Å². The van der Waals surface area contributed by atoms with E-state index >= 15 is 0 Å². The fraction of sp³-hybridized carbons (Fsp3) is 0.400. The van der Waals surface area contributed by atoms with Crippen molar-refractivity contribution in [3.63, 3.8) is 0 Å². The van der Waals surface area contributed by atoms with Crippen LogP contribution in [0.3, 0.4) is 0 Å². The van der Waals surface area contributed by atoms with Crippen molar-refractivity contribution in [1.82, 2.24) is 5.32 Å². The molecule has 0 bridgehead atoms. The minimum Gasteiger partial charge on any atom is -0.310 e. The van der Waals surface area contributed by atoms with E-state index in [1.807, 2.05) is 0 Å². The summed E-state index contributed by atoms with van der Waals surface area (Å²) in [5, 5.41) is 3.71. The average molecular weight is 200 g/mol. The predicted octanol–water partition coefficient (Wildman–Crippen LogP) is 2.90. The van der Waals surface area contributed by atoms with Crippen LogP contribution in [0.4, 0.5) is 4.39 Å². The van der Waals surface area contributed by atoms with Crippen LogP contribution in [0.25, 0.3) is 0 Å². The van der Waals surface area contributed by atoms with Gasteiger partial charge in [0.25, 0.3) is 0 Å². The lowest BCUT2D eigenvalue weighted by molar-refractivity contribution is 0.559. The van der Waals surface area contributed by atoms with Gasteiger partial charge < -0.3 is 5.32 Å². The Morgan fingerprint density at radius 2 is 2.31 bits per heavy atom. The van der Waals surface area contributed by atoms with Gasteiger partial charge in [-0.2, -0.15) is 0 Å². The standard InChI is InChI=1S/C10H11ClFN/c11-7-3-4-8(9(12)6-7)10-2-1-5-13-10/h3-4,6,10,13H,1-2,5H2/t10-/m0/s1. The molecule has 1 aliphatic rings. The van der Waals surface area contributed by atoms with Gasteiger partial charge >= 0.3 is 0 Å². The van der Waals surface area contributed by atoms with Crippen LogP contribution in [0.5, 0.6) is 0 Å². The smallest absolute Gasteiger partial charge is 0.129 e. The topological polar surface area (TPSA) is 12.0 Å². The third kappa shape index (κ3) is 1.84. The summed E-state index contributed by atoms with van der Waals surface area (Å²) in [5.41, 5.74) is 0.738. The SMILES string of the molecule is Fc1cc(Cl)ccc1[C@@H]1CCCN1. The maximum Gasteiger partial charge on any atom is 0.129 e. The van der Waals surface area contributed by atoms with Crippen LogP contribution in [-0.2, 0) is 0 Å². The Hall–Kier alpha value is -0.600. The summed E-state index contributed by atoms with van der Waals surface area (Å²) in [7, 11) is 0. The normalized spacial score (nSPS) is 22.2. The van der Waals surface area contributed by atoms with E-state index in [0.29, 0.717) is 5.02 Å². The summed E-state index contributed by atoms with van der Waals surface area (Å²) in [4.78, 5) is 0. The van der Waals surface area contributed by atoms with Gasteiger partial charge in [-0.05, 0) is 31.5 Å². The number of benzene rings is 1. The second kappa shape index (κ2) is 3.64. The summed E-state index contributed by atoms with van der Waals surface area (Å²) in [5.74, 6) is -0.202. The number of rotatable bonds is 1. The highest BCUT2D eigenvalue weighted by molar-refractivity contribution is 6.30. The first-order valence-electron chi connectivity index (χ1n) is 4.46. The van der Waals surface area contributed by atoms with E-state index in [4.69, 9.17) is 11.6 Å². The summed E-state index contributed by atoms with van der Waals surface area (Å²) in [6.45, 7) is 0.979. The zero-order valence-corrected chi connectivity index (χ0v) is 7.94. The predicted molar refractivity (Wildman–Crippen MR) is 51.4 cm³/mol. The number of nitrogens with one attached hydrogen (secondary N) is 1. The van der Waals surface area contributed by atoms with Crippen LogP contribution in [0.2, 0.25) is 5.02 Å². The molecule has 1 aliphatic heterocycles. The molecule has 1 saturated heterocycles.